The molecule has 2 aromatic rings. The van der Waals surface area contributed by atoms with Gasteiger partial charge < -0.3 is 10.1 Å². The molecular weight excluding hydrogens is 266 g/mol. The van der Waals surface area contributed by atoms with E-state index in [1.54, 1.807) is 6.20 Å². The van der Waals surface area contributed by atoms with Gasteiger partial charge in [-0.25, -0.2) is 0 Å². The molecule has 0 fully saturated rings. The Morgan fingerprint density at radius 1 is 1.24 bits per heavy atom. The van der Waals surface area contributed by atoms with Gasteiger partial charge in [0.05, 0.1) is 6.10 Å². The van der Waals surface area contributed by atoms with Gasteiger partial charge in [-0.15, -0.1) is 0 Å². The highest BCUT2D eigenvalue weighted by atomic mass is 16.5. The minimum atomic E-state index is 0.0125. The Bertz CT molecular complexity index is 600. The molecule has 112 valence electrons. The van der Waals surface area contributed by atoms with E-state index in [1.165, 1.54) is 0 Å². The summed E-state index contributed by atoms with van der Waals surface area (Å²) in [5.74, 6) is 1.12. The molecule has 1 N–H and O–H groups in total. The van der Waals surface area contributed by atoms with Gasteiger partial charge in [-0.3, -0.25) is 4.98 Å². The van der Waals surface area contributed by atoms with Crippen LogP contribution in [0.15, 0.2) is 18.3 Å². The van der Waals surface area contributed by atoms with Crippen molar-refractivity contribution in [2.45, 2.75) is 40.2 Å². The predicted octanol–water partition coefficient (Wildman–Crippen LogP) is 2.85. The van der Waals surface area contributed by atoms with E-state index in [1.807, 2.05) is 32.9 Å². The summed E-state index contributed by atoms with van der Waals surface area (Å²) in [7, 11) is 0. The number of anilines is 1. The van der Waals surface area contributed by atoms with E-state index in [0.717, 1.165) is 24.2 Å². The molecule has 0 aromatic carbocycles. The number of rotatable bonds is 6. The van der Waals surface area contributed by atoms with Crippen LogP contribution in [0.3, 0.4) is 0 Å². The quantitative estimate of drug-likeness (QED) is 0.880. The number of pyridine rings is 1. The summed E-state index contributed by atoms with van der Waals surface area (Å²) in [6.45, 7) is 8.72. The van der Waals surface area contributed by atoms with Gasteiger partial charge in [0.15, 0.2) is 5.82 Å². The molecule has 0 unspecified atom stereocenters. The van der Waals surface area contributed by atoms with E-state index in [2.05, 4.69) is 32.2 Å². The third-order valence-electron chi connectivity index (χ3n) is 2.64. The van der Waals surface area contributed by atoms with Crippen LogP contribution in [0.5, 0.6) is 6.01 Å². The maximum atomic E-state index is 5.61. The van der Waals surface area contributed by atoms with Crippen LogP contribution in [-0.4, -0.2) is 32.6 Å². The fourth-order valence-corrected chi connectivity index (χ4v) is 1.75. The molecule has 0 saturated heterocycles. The first-order chi connectivity index (χ1) is 10.1. The molecule has 0 aliphatic carbocycles. The summed E-state index contributed by atoms with van der Waals surface area (Å²) in [6, 6.07) is 4.16. The van der Waals surface area contributed by atoms with Gasteiger partial charge in [0.25, 0.3) is 0 Å². The lowest BCUT2D eigenvalue weighted by molar-refractivity contribution is 0.222. The second-order valence-electron chi connectivity index (χ2n) is 5.04. The SMILES string of the molecule is CCCNc1nc(OC(C)C)nc(-c2ccnc(C)c2)n1. The zero-order chi connectivity index (χ0) is 15.2. The molecule has 0 spiro atoms. The van der Waals surface area contributed by atoms with Gasteiger partial charge in [0.2, 0.25) is 5.95 Å². The van der Waals surface area contributed by atoms with E-state index in [-0.39, 0.29) is 6.10 Å². The van der Waals surface area contributed by atoms with Gasteiger partial charge in [0, 0.05) is 24.0 Å². The van der Waals surface area contributed by atoms with Gasteiger partial charge in [0.1, 0.15) is 0 Å². The van der Waals surface area contributed by atoms with Gasteiger partial charge >= 0.3 is 6.01 Å². The molecule has 0 amide bonds. The third-order valence-corrected chi connectivity index (χ3v) is 2.64. The van der Waals surface area contributed by atoms with Crippen molar-refractivity contribution in [2.75, 3.05) is 11.9 Å². The number of ether oxygens (including phenoxy) is 1. The van der Waals surface area contributed by atoms with Gasteiger partial charge in [-0.2, -0.15) is 15.0 Å². The Kier molecular flexibility index (Phi) is 5.03. The maximum absolute atomic E-state index is 5.61. The first-order valence-corrected chi connectivity index (χ1v) is 7.18. The summed E-state index contributed by atoms with van der Waals surface area (Å²) in [5.41, 5.74) is 1.82. The first-order valence-electron chi connectivity index (χ1n) is 7.18. The van der Waals surface area contributed by atoms with E-state index in [9.17, 15) is 0 Å². The van der Waals surface area contributed by atoms with E-state index >= 15 is 0 Å². The molecule has 0 aliphatic heterocycles. The monoisotopic (exact) mass is 287 g/mol. The number of hydrogen-bond acceptors (Lipinski definition) is 6. The zero-order valence-corrected chi connectivity index (χ0v) is 12.9. The lowest BCUT2D eigenvalue weighted by atomic mass is 10.2. The Labute approximate surface area is 125 Å². The molecule has 0 saturated carbocycles. The summed E-state index contributed by atoms with van der Waals surface area (Å²) < 4.78 is 5.61. The Balaban J connectivity index is 2.38. The second kappa shape index (κ2) is 6.97. The van der Waals surface area contributed by atoms with Crippen LogP contribution in [0.25, 0.3) is 11.4 Å². The lowest BCUT2D eigenvalue weighted by Crippen LogP contribution is -2.12. The third kappa shape index (κ3) is 4.37. The van der Waals surface area contributed by atoms with E-state index < -0.39 is 0 Å². The average molecular weight is 287 g/mol. The largest absolute Gasteiger partial charge is 0.461 e. The Hall–Kier alpha value is -2.24. The molecule has 0 aliphatic rings. The predicted molar refractivity (Wildman–Crippen MR) is 82.3 cm³/mol. The minimum Gasteiger partial charge on any atom is -0.461 e. The van der Waals surface area contributed by atoms with E-state index in [4.69, 9.17) is 4.74 Å². The lowest BCUT2D eigenvalue weighted by Gasteiger charge is -2.11. The molecule has 0 bridgehead atoms. The minimum absolute atomic E-state index is 0.0125. The summed E-state index contributed by atoms with van der Waals surface area (Å²) in [4.78, 5) is 17.3. The number of hydrogen-bond donors (Lipinski definition) is 1. The molecule has 2 aromatic heterocycles. The van der Waals surface area contributed by atoms with Crippen LogP contribution in [0.4, 0.5) is 5.95 Å². The van der Waals surface area contributed by atoms with Crippen molar-refractivity contribution in [3.05, 3.63) is 24.0 Å². The topological polar surface area (TPSA) is 72.8 Å². The number of aryl methyl sites for hydroxylation is 1. The Morgan fingerprint density at radius 2 is 2.05 bits per heavy atom. The van der Waals surface area contributed by atoms with E-state index in [0.29, 0.717) is 17.8 Å². The molecule has 21 heavy (non-hydrogen) atoms. The van der Waals surface area contributed by atoms with Crippen LogP contribution in [0.1, 0.15) is 32.9 Å². The van der Waals surface area contributed by atoms with Gasteiger partial charge in [-0.05, 0) is 39.3 Å². The summed E-state index contributed by atoms with van der Waals surface area (Å²) in [5, 5.41) is 3.17. The van der Waals surface area contributed by atoms with Crippen molar-refractivity contribution in [3.8, 4) is 17.4 Å². The second-order valence-corrected chi connectivity index (χ2v) is 5.04. The molecule has 0 radical (unpaired) electrons. The van der Waals surface area contributed by atoms with Crippen molar-refractivity contribution in [1.29, 1.82) is 0 Å². The molecule has 6 heteroatoms. The summed E-state index contributed by atoms with van der Waals surface area (Å²) >= 11 is 0. The van der Waals surface area contributed by atoms with Crippen molar-refractivity contribution >= 4 is 5.95 Å². The van der Waals surface area contributed by atoms with Crippen molar-refractivity contribution in [3.63, 3.8) is 0 Å². The van der Waals surface area contributed by atoms with Crippen molar-refractivity contribution < 1.29 is 4.74 Å². The standard InChI is InChI=1S/C15H21N5O/c1-5-7-17-14-18-13(12-6-8-16-11(4)9-12)19-15(20-14)21-10(2)3/h6,8-10H,5,7H2,1-4H3,(H,17,18,19,20). The van der Waals surface area contributed by atoms with Crippen molar-refractivity contribution in [1.82, 2.24) is 19.9 Å². The van der Waals surface area contributed by atoms with Crippen LogP contribution in [-0.2, 0) is 0 Å². The van der Waals surface area contributed by atoms with Gasteiger partial charge in [-0.1, -0.05) is 6.92 Å². The fourth-order valence-electron chi connectivity index (χ4n) is 1.75. The van der Waals surface area contributed by atoms with Crippen LogP contribution >= 0.6 is 0 Å². The molecule has 6 nitrogen and oxygen atoms in total. The zero-order valence-electron chi connectivity index (χ0n) is 12.9. The number of aromatic nitrogens is 4. The highest BCUT2D eigenvalue weighted by Crippen LogP contribution is 2.19. The van der Waals surface area contributed by atoms with Crippen LogP contribution in [0.2, 0.25) is 0 Å². The molecule has 0 atom stereocenters. The van der Waals surface area contributed by atoms with Crippen molar-refractivity contribution in [2.24, 2.45) is 0 Å². The highest BCUT2D eigenvalue weighted by molar-refractivity contribution is 5.56. The molecule has 2 rings (SSSR count). The smallest absolute Gasteiger partial charge is 0.322 e. The maximum Gasteiger partial charge on any atom is 0.322 e. The van der Waals surface area contributed by atoms with Crippen LogP contribution in [0, 0.1) is 6.92 Å². The number of nitrogens with one attached hydrogen (secondary N) is 1. The molecular formula is C15H21N5O. The highest BCUT2D eigenvalue weighted by Gasteiger charge is 2.10. The van der Waals surface area contributed by atoms with Crippen LogP contribution < -0.4 is 10.1 Å². The Morgan fingerprint density at radius 3 is 2.71 bits per heavy atom. The normalized spacial score (nSPS) is 10.7. The molecule has 2 heterocycles. The number of nitrogens with zero attached hydrogens (tertiary/aromatic N) is 4. The average Bonchev–Trinajstić information content (AvgIpc) is 2.44. The fraction of sp³-hybridized carbons (Fsp3) is 0.467. The first kappa shape index (κ1) is 15.2. The summed E-state index contributed by atoms with van der Waals surface area (Å²) in [6.07, 6.45) is 2.75.